The average Bonchev–Trinajstić information content (AvgIpc) is 2.69. The van der Waals surface area contributed by atoms with Crippen LogP contribution in [-0.4, -0.2) is 34.2 Å². The number of rotatable bonds is 4. The van der Waals surface area contributed by atoms with Crippen LogP contribution in [0.1, 0.15) is 46.6 Å². The van der Waals surface area contributed by atoms with Crippen LogP contribution >= 0.6 is 11.6 Å². The average molecular weight is 500 g/mol. The number of aryl methyl sites for hydroxylation is 1. The number of aromatic nitrogens is 2. The van der Waals surface area contributed by atoms with Crippen molar-refractivity contribution in [3.63, 3.8) is 0 Å². The number of hydrogen-bond acceptors (Lipinski definition) is 6. The normalized spacial score (nSPS) is 9.85. The summed E-state index contributed by atoms with van der Waals surface area (Å²) in [6.07, 6.45) is 4.82. The van der Waals surface area contributed by atoms with Gasteiger partial charge in [0, 0.05) is 0 Å². The second-order valence-electron chi connectivity index (χ2n) is 4.75. The number of alkyl halides is 1. The fourth-order valence-corrected chi connectivity index (χ4v) is 2.42. The quantitative estimate of drug-likeness (QED) is 0.0951. The number of halogens is 2. The zero-order valence-corrected chi connectivity index (χ0v) is 18.7. The molecule has 0 unspecified atom stereocenters. The van der Waals surface area contributed by atoms with Gasteiger partial charge in [-0.15, -0.1) is 0 Å². The number of carbonyl (C=O) groups excluding carboxylic acids is 1. The van der Waals surface area contributed by atoms with Gasteiger partial charge in [0.05, 0.1) is 7.11 Å². The molecule has 0 aliphatic carbocycles. The first-order chi connectivity index (χ1) is 13.0. The van der Waals surface area contributed by atoms with Gasteiger partial charge >= 0.3 is 145 Å². The van der Waals surface area contributed by atoms with E-state index in [0.29, 0.717) is 16.3 Å². The van der Waals surface area contributed by atoms with E-state index < -0.39 is 5.97 Å². The first-order valence-corrected chi connectivity index (χ1v) is 11.7. The van der Waals surface area contributed by atoms with E-state index in [-0.39, 0.29) is 27.2 Å². The molecule has 0 amide bonds. The molecule has 0 saturated heterocycles. The summed E-state index contributed by atoms with van der Waals surface area (Å²) in [7, 11) is 1.32. The summed E-state index contributed by atoms with van der Waals surface area (Å²) < 4.78 is 7.62. The summed E-state index contributed by atoms with van der Waals surface area (Å²) >= 11 is 5.80. The second kappa shape index (κ2) is 12.3. The Bertz CT molecular complexity index is 876. The summed E-state index contributed by atoms with van der Waals surface area (Å²) in [5.41, 5.74) is 3.26. The standard InChI is InChI=1S/C17H15ClIN4O2.C2H6/c1-11-6-15(17(24)25-3)20-8-12(11)4-5-13-9-21-16(18)7-14(13)10-22-23-19-2;1-2/h6-10,23H,1-3H3;1-2H3/q-1;/b22-10+;. The third kappa shape index (κ3) is 7.15. The van der Waals surface area contributed by atoms with Crippen molar-refractivity contribution in [2.24, 2.45) is 5.10 Å². The summed E-state index contributed by atoms with van der Waals surface area (Å²) in [6.45, 7) is 5.86. The number of hydrazone groups is 1. The number of carbonyl (C=O) groups is 1. The van der Waals surface area contributed by atoms with Gasteiger partial charge in [-0.05, 0) is 0 Å². The molecule has 0 saturated carbocycles. The van der Waals surface area contributed by atoms with E-state index >= 15 is 0 Å². The van der Waals surface area contributed by atoms with Crippen LogP contribution < -0.4 is 25.1 Å². The molecule has 2 aromatic heterocycles. The van der Waals surface area contributed by atoms with Crippen LogP contribution in [0.25, 0.3) is 0 Å². The van der Waals surface area contributed by atoms with Crippen molar-refractivity contribution < 1.29 is 31.0 Å². The number of hydrogen-bond donors (Lipinski definition) is 1. The maximum absolute atomic E-state index is 11.5. The molecule has 27 heavy (non-hydrogen) atoms. The van der Waals surface area contributed by atoms with Crippen LogP contribution in [0.15, 0.2) is 29.6 Å². The van der Waals surface area contributed by atoms with E-state index in [1.165, 1.54) is 7.11 Å². The number of pyridine rings is 2. The molecule has 144 valence electrons. The Balaban J connectivity index is 0.00000176. The summed E-state index contributed by atoms with van der Waals surface area (Å²) in [5, 5.41) is 4.50. The zero-order valence-electron chi connectivity index (χ0n) is 15.8. The molecular formula is C19H21ClIN4O2-. The molecule has 0 aliphatic rings. The molecule has 0 radical (unpaired) electrons. The van der Waals surface area contributed by atoms with Crippen LogP contribution in [0.2, 0.25) is 5.15 Å². The molecule has 0 aliphatic heterocycles. The molecule has 2 aromatic rings. The zero-order chi connectivity index (χ0) is 20.2. The summed E-state index contributed by atoms with van der Waals surface area (Å²) in [4.78, 5) is 21.7. The number of esters is 1. The van der Waals surface area contributed by atoms with Crippen molar-refractivity contribution >= 4 is 23.8 Å². The molecule has 2 rings (SSSR count). The second-order valence-corrected chi connectivity index (χ2v) is 6.70. The SMILES string of the molecule is CC.COC(=O)c1cc(C)c(C#Cc2cnc(Cl)cc2/C=N/N[I-]C)cn1. The fraction of sp³-hybridized carbons (Fsp3) is 0.263. The Morgan fingerprint density at radius 3 is 2.56 bits per heavy atom. The molecule has 8 heteroatoms. The third-order valence-electron chi connectivity index (χ3n) is 3.08. The van der Waals surface area contributed by atoms with Gasteiger partial charge in [0.15, 0.2) is 0 Å². The van der Waals surface area contributed by atoms with Gasteiger partial charge in [-0.2, -0.15) is 0 Å². The van der Waals surface area contributed by atoms with Crippen LogP contribution in [0.5, 0.6) is 0 Å². The summed E-state index contributed by atoms with van der Waals surface area (Å²) in [6, 6.07) is 3.35. The van der Waals surface area contributed by atoms with Gasteiger partial charge < -0.3 is 4.74 Å². The van der Waals surface area contributed by atoms with E-state index in [9.17, 15) is 4.79 Å². The number of ether oxygens (including phenoxy) is 1. The number of nitrogens with one attached hydrogen (secondary N) is 1. The predicted octanol–water partition coefficient (Wildman–Crippen LogP) is 0.208. The van der Waals surface area contributed by atoms with Crippen molar-refractivity contribution in [3.8, 4) is 11.8 Å². The van der Waals surface area contributed by atoms with Crippen LogP contribution in [0.3, 0.4) is 0 Å². The molecule has 0 fully saturated rings. The number of nitrogens with zero attached hydrogens (tertiary/aromatic N) is 3. The molecule has 0 bridgehead atoms. The molecule has 0 atom stereocenters. The van der Waals surface area contributed by atoms with E-state index in [2.05, 4.69) is 40.2 Å². The Morgan fingerprint density at radius 2 is 1.93 bits per heavy atom. The van der Waals surface area contributed by atoms with Gasteiger partial charge in [0.2, 0.25) is 0 Å². The first-order valence-electron chi connectivity index (χ1n) is 8.04. The van der Waals surface area contributed by atoms with Crippen molar-refractivity contribution in [2.75, 3.05) is 12.0 Å². The molecular weight excluding hydrogens is 479 g/mol. The van der Waals surface area contributed by atoms with Crippen LogP contribution in [0, 0.1) is 18.8 Å². The Morgan fingerprint density at radius 1 is 1.26 bits per heavy atom. The summed E-state index contributed by atoms with van der Waals surface area (Å²) in [5.74, 6) is 5.61. The monoisotopic (exact) mass is 499 g/mol. The topological polar surface area (TPSA) is 76.5 Å². The number of methoxy groups -OCH3 is 1. The van der Waals surface area contributed by atoms with E-state index in [4.69, 9.17) is 11.6 Å². The molecule has 2 heterocycles. The van der Waals surface area contributed by atoms with Crippen molar-refractivity contribution in [2.45, 2.75) is 20.8 Å². The molecule has 0 aromatic carbocycles. The van der Waals surface area contributed by atoms with E-state index in [1.54, 1.807) is 30.7 Å². The van der Waals surface area contributed by atoms with E-state index in [1.807, 2.05) is 20.8 Å². The van der Waals surface area contributed by atoms with Crippen molar-refractivity contribution in [1.82, 2.24) is 13.6 Å². The van der Waals surface area contributed by atoms with Gasteiger partial charge in [-0.1, -0.05) is 13.8 Å². The van der Waals surface area contributed by atoms with Gasteiger partial charge in [-0.3, -0.25) is 0 Å². The van der Waals surface area contributed by atoms with Gasteiger partial charge in [0.1, 0.15) is 0 Å². The Kier molecular flexibility index (Phi) is 10.4. The Hall–Kier alpha value is -2.18. The van der Waals surface area contributed by atoms with Crippen LogP contribution in [0.4, 0.5) is 0 Å². The van der Waals surface area contributed by atoms with Gasteiger partial charge in [-0.25, -0.2) is 4.79 Å². The van der Waals surface area contributed by atoms with Crippen molar-refractivity contribution in [3.05, 3.63) is 57.6 Å². The van der Waals surface area contributed by atoms with E-state index in [0.717, 1.165) is 11.1 Å². The predicted molar refractivity (Wildman–Crippen MR) is 104 cm³/mol. The van der Waals surface area contributed by atoms with Gasteiger partial charge in [0.25, 0.3) is 0 Å². The fourth-order valence-electron chi connectivity index (χ4n) is 1.84. The minimum absolute atomic E-state index is 0.147. The first kappa shape index (κ1) is 22.9. The maximum atomic E-state index is 11.5. The van der Waals surface area contributed by atoms with Crippen LogP contribution in [-0.2, 0) is 4.74 Å². The molecule has 6 nitrogen and oxygen atoms in total. The minimum atomic E-state index is -0.478. The molecule has 0 spiro atoms. The Labute approximate surface area is 175 Å². The van der Waals surface area contributed by atoms with Crippen molar-refractivity contribution in [1.29, 1.82) is 0 Å². The molecule has 1 N–H and O–H groups in total. The third-order valence-corrected chi connectivity index (χ3v) is 4.04.